The Bertz CT molecular complexity index is 440. The van der Waals surface area contributed by atoms with E-state index in [-0.39, 0.29) is 18.4 Å². The Hall–Kier alpha value is -1.85. The lowest BCUT2D eigenvalue weighted by atomic mass is 10.2. The summed E-state index contributed by atoms with van der Waals surface area (Å²) in [6, 6.07) is 1.50. The second-order valence-electron chi connectivity index (χ2n) is 4.25. The van der Waals surface area contributed by atoms with E-state index in [1.165, 1.54) is 0 Å². The summed E-state index contributed by atoms with van der Waals surface area (Å²) in [6.07, 6.45) is 2.44. The van der Waals surface area contributed by atoms with Crippen molar-refractivity contribution in [3.8, 4) is 0 Å². The molecule has 1 saturated heterocycles. The normalized spacial score (nSPS) is 20.6. The lowest BCUT2D eigenvalue weighted by molar-refractivity contribution is -0.143. The molecule has 1 aliphatic heterocycles. The summed E-state index contributed by atoms with van der Waals surface area (Å²) in [5, 5.41) is 6.68. The van der Waals surface area contributed by atoms with E-state index in [2.05, 4.69) is 10.4 Å². The Morgan fingerprint density at radius 3 is 2.94 bits per heavy atom. The number of nitrogens with one attached hydrogen (secondary N) is 1. The molecule has 0 aliphatic carbocycles. The van der Waals surface area contributed by atoms with Gasteiger partial charge in [-0.2, -0.15) is 5.10 Å². The van der Waals surface area contributed by atoms with Gasteiger partial charge in [-0.15, -0.1) is 0 Å². The maximum absolute atomic E-state index is 11.8. The van der Waals surface area contributed by atoms with Crippen molar-refractivity contribution in [2.24, 2.45) is 7.05 Å². The number of nitrogens with zero attached hydrogens (tertiary/aromatic N) is 3. The van der Waals surface area contributed by atoms with Crippen LogP contribution < -0.4 is 5.32 Å². The summed E-state index contributed by atoms with van der Waals surface area (Å²) in [5.74, 6) is -0.117. The molecule has 92 valence electrons. The predicted octanol–water partition coefficient (Wildman–Crippen LogP) is -0.690. The average molecular weight is 236 g/mol. The van der Waals surface area contributed by atoms with Crippen molar-refractivity contribution in [1.82, 2.24) is 20.0 Å². The van der Waals surface area contributed by atoms with Crippen molar-refractivity contribution in [3.05, 3.63) is 18.0 Å². The minimum absolute atomic E-state index is 0.0215. The first-order valence-corrected chi connectivity index (χ1v) is 5.63. The topological polar surface area (TPSA) is 67.2 Å². The summed E-state index contributed by atoms with van der Waals surface area (Å²) in [5.41, 5.74) is 1.05. The highest BCUT2D eigenvalue weighted by atomic mass is 16.2. The van der Waals surface area contributed by atoms with Gasteiger partial charge in [-0.1, -0.05) is 0 Å². The molecule has 2 amide bonds. The molecule has 2 rings (SSSR count). The van der Waals surface area contributed by atoms with Crippen molar-refractivity contribution < 1.29 is 9.59 Å². The van der Waals surface area contributed by atoms with Crippen LogP contribution in [-0.4, -0.2) is 45.6 Å². The zero-order chi connectivity index (χ0) is 12.4. The van der Waals surface area contributed by atoms with E-state index < -0.39 is 6.04 Å². The van der Waals surface area contributed by atoms with Crippen LogP contribution in [0.1, 0.15) is 12.6 Å². The van der Waals surface area contributed by atoms with E-state index in [4.69, 9.17) is 0 Å². The SMILES string of the molecule is CC1NC(=O)CN(CCc2ccnn2C)C1=O. The van der Waals surface area contributed by atoms with Crippen LogP contribution >= 0.6 is 0 Å². The molecule has 1 unspecified atom stereocenters. The molecule has 0 spiro atoms. The molecule has 0 bridgehead atoms. The molecule has 0 saturated carbocycles. The zero-order valence-electron chi connectivity index (χ0n) is 10.0. The third-order valence-corrected chi connectivity index (χ3v) is 2.95. The van der Waals surface area contributed by atoms with E-state index >= 15 is 0 Å². The van der Waals surface area contributed by atoms with E-state index in [9.17, 15) is 9.59 Å². The van der Waals surface area contributed by atoms with Crippen LogP contribution in [0.5, 0.6) is 0 Å². The fourth-order valence-corrected chi connectivity index (χ4v) is 1.96. The van der Waals surface area contributed by atoms with Crippen LogP contribution in [0.2, 0.25) is 0 Å². The molecule has 1 aliphatic rings. The molecule has 17 heavy (non-hydrogen) atoms. The van der Waals surface area contributed by atoms with Crippen molar-refractivity contribution in [1.29, 1.82) is 0 Å². The summed E-state index contributed by atoms with van der Waals surface area (Å²) in [7, 11) is 1.86. The monoisotopic (exact) mass is 236 g/mol. The van der Waals surface area contributed by atoms with Gasteiger partial charge in [0, 0.05) is 31.9 Å². The Morgan fingerprint density at radius 1 is 1.53 bits per heavy atom. The Balaban J connectivity index is 1.96. The highest BCUT2D eigenvalue weighted by molar-refractivity contribution is 5.94. The van der Waals surface area contributed by atoms with Crippen LogP contribution in [-0.2, 0) is 23.1 Å². The van der Waals surface area contributed by atoms with Crippen molar-refractivity contribution >= 4 is 11.8 Å². The first kappa shape index (κ1) is 11.6. The average Bonchev–Trinajstić information content (AvgIpc) is 2.67. The summed E-state index contributed by atoms with van der Waals surface area (Å²) >= 11 is 0. The number of hydrogen-bond acceptors (Lipinski definition) is 3. The third-order valence-electron chi connectivity index (χ3n) is 2.95. The first-order valence-electron chi connectivity index (χ1n) is 5.63. The largest absolute Gasteiger partial charge is 0.343 e. The van der Waals surface area contributed by atoms with Gasteiger partial charge < -0.3 is 10.2 Å². The van der Waals surface area contributed by atoms with Crippen molar-refractivity contribution in [3.63, 3.8) is 0 Å². The van der Waals surface area contributed by atoms with Crippen molar-refractivity contribution in [2.75, 3.05) is 13.1 Å². The molecule has 1 N–H and O–H groups in total. The van der Waals surface area contributed by atoms with E-state index in [1.807, 2.05) is 13.1 Å². The molecule has 2 heterocycles. The van der Waals surface area contributed by atoms with Crippen LogP contribution in [0.15, 0.2) is 12.3 Å². The molecular weight excluding hydrogens is 220 g/mol. The number of piperazine rings is 1. The zero-order valence-corrected chi connectivity index (χ0v) is 10.0. The second kappa shape index (κ2) is 4.57. The van der Waals surface area contributed by atoms with E-state index in [1.54, 1.807) is 22.7 Å². The van der Waals surface area contributed by atoms with Crippen LogP contribution in [0.3, 0.4) is 0 Å². The maximum Gasteiger partial charge on any atom is 0.245 e. The van der Waals surface area contributed by atoms with E-state index in [0.717, 1.165) is 5.69 Å². The quantitative estimate of drug-likeness (QED) is 0.755. The lowest BCUT2D eigenvalue weighted by Crippen LogP contribution is -2.57. The lowest BCUT2D eigenvalue weighted by Gasteiger charge is -2.30. The number of carbonyl (C=O) groups is 2. The molecule has 1 aromatic heterocycles. The minimum atomic E-state index is -0.414. The summed E-state index contributed by atoms with van der Waals surface area (Å²) < 4.78 is 1.78. The van der Waals surface area contributed by atoms with Crippen LogP contribution in [0.25, 0.3) is 0 Å². The molecule has 1 fully saturated rings. The van der Waals surface area contributed by atoms with Gasteiger partial charge in [-0.05, 0) is 13.0 Å². The number of aromatic nitrogens is 2. The standard InChI is InChI=1S/C11H16N4O2/c1-8-11(17)15(7-10(16)13-8)6-4-9-3-5-12-14(9)2/h3,5,8H,4,6-7H2,1-2H3,(H,13,16). The minimum Gasteiger partial charge on any atom is -0.343 e. The van der Waals surface area contributed by atoms with E-state index in [0.29, 0.717) is 13.0 Å². The highest BCUT2D eigenvalue weighted by Crippen LogP contribution is 2.05. The van der Waals surface area contributed by atoms with Gasteiger partial charge in [0.05, 0.1) is 6.54 Å². The summed E-state index contributed by atoms with van der Waals surface area (Å²) in [6.45, 7) is 2.41. The predicted molar refractivity (Wildman–Crippen MR) is 61.1 cm³/mol. The highest BCUT2D eigenvalue weighted by Gasteiger charge is 2.28. The van der Waals surface area contributed by atoms with Gasteiger partial charge in [0.15, 0.2) is 0 Å². The van der Waals surface area contributed by atoms with Gasteiger partial charge in [0.25, 0.3) is 0 Å². The fraction of sp³-hybridized carbons (Fsp3) is 0.545. The smallest absolute Gasteiger partial charge is 0.245 e. The maximum atomic E-state index is 11.8. The van der Waals surface area contributed by atoms with Crippen LogP contribution in [0.4, 0.5) is 0 Å². The Labute approximate surface area is 99.6 Å². The third kappa shape index (κ3) is 2.46. The first-order chi connectivity index (χ1) is 8.08. The second-order valence-corrected chi connectivity index (χ2v) is 4.25. The van der Waals surface area contributed by atoms with Gasteiger partial charge in [0.1, 0.15) is 6.04 Å². The fourth-order valence-electron chi connectivity index (χ4n) is 1.96. The number of rotatable bonds is 3. The van der Waals surface area contributed by atoms with Gasteiger partial charge in [-0.25, -0.2) is 0 Å². The molecule has 6 heteroatoms. The van der Waals surface area contributed by atoms with Gasteiger partial charge >= 0.3 is 0 Å². The molecule has 1 atom stereocenters. The Kier molecular flexibility index (Phi) is 3.12. The Morgan fingerprint density at radius 2 is 2.29 bits per heavy atom. The van der Waals surface area contributed by atoms with Crippen molar-refractivity contribution in [2.45, 2.75) is 19.4 Å². The van der Waals surface area contributed by atoms with Gasteiger partial charge in [0.2, 0.25) is 11.8 Å². The van der Waals surface area contributed by atoms with Gasteiger partial charge in [-0.3, -0.25) is 14.3 Å². The molecule has 6 nitrogen and oxygen atoms in total. The summed E-state index contributed by atoms with van der Waals surface area (Å²) in [4.78, 5) is 24.7. The number of amides is 2. The number of carbonyl (C=O) groups excluding carboxylic acids is 2. The molecule has 1 aromatic rings. The number of hydrogen-bond donors (Lipinski definition) is 1. The molecule has 0 radical (unpaired) electrons. The van der Waals surface area contributed by atoms with Crippen LogP contribution in [0, 0.1) is 0 Å². The number of aryl methyl sites for hydroxylation is 1. The molecular formula is C11H16N4O2. The molecule has 0 aromatic carbocycles.